The molecule has 0 fully saturated rings. The Bertz CT molecular complexity index is 365. The van der Waals surface area contributed by atoms with Crippen molar-refractivity contribution >= 4 is 5.91 Å². The number of hydrogen-bond donors (Lipinski definition) is 2. The minimum absolute atomic E-state index is 0.0179. The van der Waals surface area contributed by atoms with Crippen LogP contribution in [0, 0.1) is 11.8 Å². The Balaban J connectivity index is 2.58. The van der Waals surface area contributed by atoms with E-state index in [0.29, 0.717) is 12.5 Å². The van der Waals surface area contributed by atoms with Crippen LogP contribution in [0.4, 0.5) is 0 Å². The van der Waals surface area contributed by atoms with Crippen molar-refractivity contribution in [1.29, 1.82) is 0 Å². The quantitative estimate of drug-likeness (QED) is 0.809. The van der Waals surface area contributed by atoms with Crippen LogP contribution in [0.1, 0.15) is 38.9 Å². The number of pyridine rings is 1. The fraction of sp³-hybridized carbons (Fsp3) is 0.571. The molecule has 1 aromatic rings. The number of hydrogen-bond acceptors (Lipinski definition) is 3. The zero-order valence-electron chi connectivity index (χ0n) is 11.4. The average molecular weight is 249 g/mol. The summed E-state index contributed by atoms with van der Waals surface area (Å²) in [6.45, 7) is 6.51. The normalized spacial score (nSPS) is 14.3. The van der Waals surface area contributed by atoms with Crippen molar-refractivity contribution in [3.8, 4) is 0 Å². The minimum Gasteiger partial charge on any atom is -0.348 e. The molecule has 0 saturated heterocycles. The van der Waals surface area contributed by atoms with Gasteiger partial charge in [-0.25, -0.2) is 0 Å². The Hall–Kier alpha value is -1.42. The molecule has 0 aliphatic carbocycles. The molecule has 3 N–H and O–H groups in total. The maximum Gasteiger partial charge on any atom is 0.224 e. The second-order valence-electron chi connectivity index (χ2n) is 5.05. The van der Waals surface area contributed by atoms with Crippen LogP contribution >= 0.6 is 0 Å². The van der Waals surface area contributed by atoms with Crippen LogP contribution in [0.3, 0.4) is 0 Å². The molecule has 1 rings (SSSR count). The molecule has 2 atom stereocenters. The lowest BCUT2D eigenvalue weighted by Gasteiger charge is -2.20. The third kappa shape index (κ3) is 4.45. The Morgan fingerprint density at radius 2 is 2.11 bits per heavy atom. The fourth-order valence-electron chi connectivity index (χ4n) is 1.92. The lowest BCUT2D eigenvalue weighted by atomic mass is 9.96. The second kappa shape index (κ2) is 7.11. The van der Waals surface area contributed by atoms with Crippen LogP contribution in [-0.4, -0.2) is 17.4 Å². The zero-order valence-corrected chi connectivity index (χ0v) is 11.4. The van der Waals surface area contributed by atoms with Gasteiger partial charge in [-0.05, 0) is 31.4 Å². The largest absolute Gasteiger partial charge is 0.348 e. The highest BCUT2D eigenvalue weighted by Gasteiger charge is 2.20. The number of amides is 1. The first kappa shape index (κ1) is 14.6. The van der Waals surface area contributed by atoms with Gasteiger partial charge in [0.1, 0.15) is 0 Å². The van der Waals surface area contributed by atoms with Crippen molar-refractivity contribution in [2.24, 2.45) is 17.6 Å². The maximum absolute atomic E-state index is 12.1. The van der Waals surface area contributed by atoms with Gasteiger partial charge in [0.25, 0.3) is 0 Å². The SMILES string of the molecule is CC(C)CC(CN)C(=O)N[C@@H](C)c1ccccn1. The van der Waals surface area contributed by atoms with Crippen LogP contribution in [0.15, 0.2) is 24.4 Å². The van der Waals surface area contributed by atoms with Crippen LogP contribution < -0.4 is 11.1 Å². The van der Waals surface area contributed by atoms with Gasteiger partial charge in [-0.2, -0.15) is 0 Å². The predicted molar refractivity (Wildman–Crippen MR) is 72.8 cm³/mol. The first-order valence-electron chi connectivity index (χ1n) is 6.46. The summed E-state index contributed by atoms with van der Waals surface area (Å²) < 4.78 is 0. The predicted octanol–water partition coefficient (Wildman–Crippen LogP) is 1.88. The lowest BCUT2D eigenvalue weighted by Crippen LogP contribution is -2.37. The standard InChI is InChI=1S/C14H23N3O/c1-10(2)8-12(9-15)14(18)17-11(3)13-6-4-5-7-16-13/h4-7,10-12H,8-9,15H2,1-3H3,(H,17,18)/t11-,12?/m0/s1. The number of rotatable bonds is 6. The van der Waals surface area contributed by atoms with Gasteiger partial charge in [-0.3, -0.25) is 9.78 Å². The highest BCUT2D eigenvalue weighted by molar-refractivity contribution is 5.79. The molecular formula is C14H23N3O. The Morgan fingerprint density at radius 1 is 1.39 bits per heavy atom. The van der Waals surface area contributed by atoms with E-state index in [-0.39, 0.29) is 17.9 Å². The summed E-state index contributed by atoms with van der Waals surface area (Å²) in [4.78, 5) is 16.3. The topological polar surface area (TPSA) is 68.0 Å². The Kier molecular flexibility index (Phi) is 5.78. The molecule has 1 unspecified atom stereocenters. The van der Waals surface area contributed by atoms with Crippen LogP contribution in [-0.2, 0) is 4.79 Å². The molecule has 0 saturated carbocycles. The van der Waals surface area contributed by atoms with Crippen LogP contribution in [0.5, 0.6) is 0 Å². The van der Waals surface area contributed by atoms with Crippen LogP contribution in [0.25, 0.3) is 0 Å². The summed E-state index contributed by atoms with van der Waals surface area (Å²) in [5.74, 6) is 0.370. The molecule has 0 aromatic carbocycles. The molecule has 0 aliphatic heterocycles. The van der Waals surface area contributed by atoms with Gasteiger partial charge in [0.15, 0.2) is 0 Å². The zero-order chi connectivity index (χ0) is 13.5. The number of nitrogens with zero attached hydrogens (tertiary/aromatic N) is 1. The molecule has 0 aliphatic rings. The summed E-state index contributed by atoms with van der Waals surface area (Å²) in [5.41, 5.74) is 6.53. The number of nitrogens with one attached hydrogen (secondary N) is 1. The Morgan fingerprint density at radius 3 is 2.61 bits per heavy atom. The van der Waals surface area contributed by atoms with Gasteiger partial charge in [0, 0.05) is 12.7 Å². The van der Waals surface area contributed by atoms with E-state index in [2.05, 4.69) is 24.1 Å². The average Bonchev–Trinajstić information content (AvgIpc) is 2.36. The number of carbonyl (C=O) groups excluding carboxylic acids is 1. The molecule has 100 valence electrons. The van der Waals surface area contributed by atoms with Crippen molar-refractivity contribution in [3.63, 3.8) is 0 Å². The molecule has 4 heteroatoms. The highest BCUT2D eigenvalue weighted by Crippen LogP contribution is 2.14. The number of nitrogens with two attached hydrogens (primary N) is 1. The summed E-state index contributed by atoms with van der Waals surface area (Å²) in [6, 6.07) is 5.60. The molecule has 4 nitrogen and oxygen atoms in total. The molecule has 0 radical (unpaired) electrons. The van der Waals surface area contributed by atoms with E-state index in [1.54, 1.807) is 6.20 Å². The molecule has 1 heterocycles. The van der Waals surface area contributed by atoms with E-state index >= 15 is 0 Å². The highest BCUT2D eigenvalue weighted by atomic mass is 16.1. The lowest BCUT2D eigenvalue weighted by molar-refractivity contribution is -0.125. The first-order chi connectivity index (χ1) is 8.54. The summed E-state index contributed by atoms with van der Waals surface area (Å²) in [6.07, 6.45) is 2.55. The number of carbonyl (C=O) groups is 1. The maximum atomic E-state index is 12.1. The fourth-order valence-corrected chi connectivity index (χ4v) is 1.92. The van der Waals surface area contributed by atoms with Crippen molar-refractivity contribution in [2.45, 2.75) is 33.2 Å². The monoisotopic (exact) mass is 249 g/mol. The molecule has 0 spiro atoms. The summed E-state index contributed by atoms with van der Waals surface area (Å²) in [5, 5.41) is 2.97. The van der Waals surface area contributed by atoms with E-state index in [1.807, 2.05) is 25.1 Å². The molecular weight excluding hydrogens is 226 g/mol. The molecule has 0 bridgehead atoms. The van der Waals surface area contributed by atoms with Gasteiger partial charge in [-0.1, -0.05) is 19.9 Å². The van der Waals surface area contributed by atoms with E-state index in [0.717, 1.165) is 12.1 Å². The Labute approximate surface area is 109 Å². The van der Waals surface area contributed by atoms with Crippen molar-refractivity contribution in [1.82, 2.24) is 10.3 Å². The van der Waals surface area contributed by atoms with Crippen LogP contribution in [0.2, 0.25) is 0 Å². The molecule has 18 heavy (non-hydrogen) atoms. The number of aromatic nitrogens is 1. The van der Waals surface area contributed by atoms with Gasteiger partial charge in [0.05, 0.1) is 17.7 Å². The second-order valence-corrected chi connectivity index (χ2v) is 5.05. The van der Waals surface area contributed by atoms with Gasteiger partial charge in [-0.15, -0.1) is 0 Å². The van der Waals surface area contributed by atoms with E-state index in [4.69, 9.17) is 5.73 Å². The van der Waals surface area contributed by atoms with Crippen molar-refractivity contribution < 1.29 is 4.79 Å². The summed E-state index contributed by atoms with van der Waals surface area (Å²) >= 11 is 0. The molecule has 1 aromatic heterocycles. The molecule has 1 amide bonds. The van der Waals surface area contributed by atoms with E-state index in [1.165, 1.54) is 0 Å². The van der Waals surface area contributed by atoms with Gasteiger partial charge >= 0.3 is 0 Å². The third-order valence-corrected chi connectivity index (χ3v) is 2.90. The first-order valence-corrected chi connectivity index (χ1v) is 6.46. The van der Waals surface area contributed by atoms with Gasteiger partial charge < -0.3 is 11.1 Å². The van der Waals surface area contributed by atoms with Crippen molar-refractivity contribution in [2.75, 3.05) is 6.54 Å². The minimum atomic E-state index is -0.115. The van der Waals surface area contributed by atoms with E-state index < -0.39 is 0 Å². The third-order valence-electron chi connectivity index (χ3n) is 2.90. The van der Waals surface area contributed by atoms with E-state index in [9.17, 15) is 4.79 Å². The van der Waals surface area contributed by atoms with Gasteiger partial charge in [0.2, 0.25) is 5.91 Å². The summed E-state index contributed by atoms with van der Waals surface area (Å²) in [7, 11) is 0. The van der Waals surface area contributed by atoms with Crippen molar-refractivity contribution in [3.05, 3.63) is 30.1 Å². The smallest absolute Gasteiger partial charge is 0.224 e.